The van der Waals surface area contributed by atoms with Crippen molar-refractivity contribution in [2.75, 3.05) is 0 Å². The maximum atomic E-state index is 10.4. The number of aromatic hydroxyl groups is 1. The lowest BCUT2D eigenvalue weighted by molar-refractivity contribution is -0.138. The van der Waals surface area contributed by atoms with Crippen molar-refractivity contribution in [2.45, 2.75) is 170 Å². The zero-order valence-corrected chi connectivity index (χ0v) is 28.0. The number of rotatable bonds is 14. The van der Waals surface area contributed by atoms with Crippen molar-refractivity contribution in [1.29, 1.82) is 0 Å². The van der Waals surface area contributed by atoms with Crippen molar-refractivity contribution in [3.05, 3.63) is 22.3 Å². The highest BCUT2D eigenvalue weighted by molar-refractivity contribution is 5.67. The molecule has 1 heterocycles. The first-order valence-corrected chi connectivity index (χ1v) is 17.0. The van der Waals surface area contributed by atoms with Crippen LogP contribution in [0, 0.1) is 44.4 Å². The highest BCUT2D eigenvalue weighted by Crippen LogP contribution is 2.44. The lowest BCUT2D eigenvalue weighted by atomic mass is 9.84. The molecule has 0 unspecified atom stereocenters. The first kappa shape index (κ1) is 35.5. The number of fused-ring (bicyclic) bond motifs is 1. The van der Waals surface area contributed by atoms with E-state index in [1.165, 1.54) is 76.2 Å². The van der Waals surface area contributed by atoms with Crippen molar-refractivity contribution in [3.8, 4) is 11.5 Å². The normalized spacial score (nSPS) is 20.5. The molecule has 3 atom stereocenters. The molecule has 236 valence electrons. The summed E-state index contributed by atoms with van der Waals surface area (Å²) >= 11 is 0. The average molecular weight is 573 g/mol. The molecule has 1 aliphatic heterocycles. The Kier molecular flexibility index (Phi) is 15.1. The standard InChI is InChI=1S/C29H50O2.C8H14O2/c1-20(2)12-9-13-21(3)14-10-15-22(4)16-11-18-29(8)19-17-26-25(7)27(30)23(5)24(6)28(26)31-29;9-8(10)6-7-4-2-1-3-5-7/h20-22,30H,9-19H2,1-8H3;7H,1-6H2,(H,9,10)/t21-,22-,29-;/m1./s1. The van der Waals surface area contributed by atoms with E-state index in [4.69, 9.17) is 9.84 Å². The molecule has 1 saturated carbocycles. The largest absolute Gasteiger partial charge is 0.507 e. The summed E-state index contributed by atoms with van der Waals surface area (Å²) in [6.45, 7) is 17.9. The maximum absolute atomic E-state index is 10.4. The van der Waals surface area contributed by atoms with Gasteiger partial charge in [0.05, 0.1) is 0 Å². The van der Waals surface area contributed by atoms with Crippen LogP contribution in [0.1, 0.15) is 160 Å². The number of carboxylic acid groups (broad SMARTS) is 1. The van der Waals surface area contributed by atoms with E-state index >= 15 is 0 Å². The summed E-state index contributed by atoms with van der Waals surface area (Å²) in [7, 11) is 0. The van der Waals surface area contributed by atoms with Crippen LogP contribution < -0.4 is 4.74 Å². The third-order valence-electron chi connectivity index (χ3n) is 10.1. The van der Waals surface area contributed by atoms with Gasteiger partial charge in [-0.05, 0) is 107 Å². The van der Waals surface area contributed by atoms with E-state index in [-0.39, 0.29) is 5.60 Å². The van der Waals surface area contributed by atoms with Gasteiger partial charge >= 0.3 is 5.97 Å². The Morgan fingerprint density at radius 1 is 0.854 bits per heavy atom. The van der Waals surface area contributed by atoms with Crippen LogP contribution >= 0.6 is 0 Å². The summed E-state index contributed by atoms with van der Waals surface area (Å²) in [6.07, 6.45) is 20.5. The number of carbonyl (C=O) groups is 1. The van der Waals surface area contributed by atoms with Gasteiger partial charge in [0.15, 0.2) is 0 Å². The van der Waals surface area contributed by atoms with Gasteiger partial charge in [-0.3, -0.25) is 4.79 Å². The van der Waals surface area contributed by atoms with E-state index in [2.05, 4.69) is 41.5 Å². The number of hydrogen-bond acceptors (Lipinski definition) is 3. The molecular weight excluding hydrogens is 508 g/mol. The monoisotopic (exact) mass is 572 g/mol. The van der Waals surface area contributed by atoms with Crippen LogP contribution in [0.2, 0.25) is 0 Å². The fourth-order valence-electron chi connectivity index (χ4n) is 6.91. The Morgan fingerprint density at radius 3 is 1.98 bits per heavy atom. The van der Waals surface area contributed by atoms with Crippen molar-refractivity contribution in [2.24, 2.45) is 23.7 Å². The van der Waals surface area contributed by atoms with Crippen molar-refractivity contribution in [1.82, 2.24) is 0 Å². The highest BCUT2D eigenvalue weighted by Gasteiger charge is 2.34. The molecule has 4 nitrogen and oxygen atoms in total. The smallest absolute Gasteiger partial charge is 0.303 e. The second-order valence-electron chi connectivity index (χ2n) is 14.5. The molecular formula is C37H64O4. The lowest BCUT2D eigenvalue weighted by Crippen LogP contribution is -2.37. The molecule has 0 saturated heterocycles. The van der Waals surface area contributed by atoms with Crippen molar-refractivity contribution < 1.29 is 19.7 Å². The third kappa shape index (κ3) is 12.2. The number of phenolic OH excluding ortho intramolecular Hbond substituents is 1. The molecule has 0 bridgehead atoms. The molecule has 1 aromatic rings. The Bertz CT molecular complexity index is 930. The summed E-state index contributed by atoms with van der Waals surface area (Å²) < 4.78 is 6.60. The molecule has 41 heavy (non-hydrogen) atoms. The zero-order valence-electron chi connectivity index (χ0n) is 28.0. The van der Waals surface area contributed by atoms with Crippen LogP contribution in [0.15, 0.2) is 0 Å². The van der Waals surface area contributed by atoms with E-state index in [1.54, 1.807) is 0 Å². The molecule has 1 aliphatic carbocycles. The van der Waals surface area contributed by atoms with Crippen LogP contribution in [-0.4, -0.2) is 21.8 Å². The van der Waals surface area contributed by atoms with Crippen LogP contribution in [-0.2, 0) is 11.2 Å². The summed E-state index contributed by atoms with van der Waals surface area (Å²) in [5, 5.41) is 18.9. The summed E-state index contributed by atoms with van der Waals surface area (Å²) in [5.74, 6) is 3.88. The summed E-state index contributed by atoms with van der Waals surface area (Å²) in [5.41, 5.74) is 4.23. The van der Waals surface area contributed by atoms with Gasteiger partial charge in [-0.2, -0.15) is 0 Å². The van der Waals surface area contributed by atoms with Crippen LogP contribution in [0.25, 0.3) is 0 Å². The zero-order chi connectivity index (χ0) is 30.6. The second-order valence-corrected chi connectivity index (χ2v) is 14.5. The first-order chi connectivity index (χ1) is 19.3. The van der Waals surface area contributed by atoms with Gasteiger partial charge in [0.25, 0.3) is 0 Å². The number of hydrogen-bond donors (Lipinski definition) is 2. The first-order valence-electron chi connectivity index (χ1n) is 17.0. The van der Waals surface area contributed by atoms with Gasteiger partial charge in [0, 0.05) is 12.0 Å². The quantitative estimate of drug-likeness (QED) is 0.233. The number of aliphatic carboxylic acids is 1. The predicted molar refractivity (Wildman–Crippen MR) is 173 cm³/mol. The third-order valence-corrected chi connectivity index (χ3v) is 10.1. The van der Waals surface area contributed by atoms with E-state index in [0.717, 1.165) is 72.3 Å². The molecule has 1 fully saturated rings. The maximum Gasteiger partial charge on any atom is 0.303 e. The molecule has 0 spiro atoms. The van der Waals surface area contributed by atoms with Gasteiger partial charge in [-0.15, -0.1) is 0 Å². The average Bonchev–Trinajstić information content (AvgIpc) is 2.91. The Balaban J connectivity index is 0.000000493. The SMILES string of the molecule is Cc1c(C)c2c(c(C)c1O)CC[C@@](C)(CCC[C@H](C)CCC[C@H](C)CCCC(C)C)O2.O=C(O)CC1CCCCC1. The van der Waals surface area contributed by atoms with E-state index < -0.39 is 5.97 Å². The lowest BCUT2D eigenvalue weighted by Gasteiger charge is -2.38. The number of ether oxygens (including phenoxy) is 1. The molecule has 2 N–H and O–H groups in total. The van der Waals surface area contributed by atoms with Gasteiger partial charge in [-0.1, -0.05) is 91.9 Å². The predicted octanol–water partition coefficient (Wildman–Crippen LogP) is 10.9. The van der Waals surface area contributed by atoms with E-state index in [0.29, 0.717) is 18.1 Å². The molecule has 3 rings (SSSR count). The second kappa shape index (κ2) is 17.4. The number of carboxylic acids is 1. The van der Waals surface area contributed by atoms with Gasteiger partial charge < -0.3 is 14.9 Å². The van der Waals surface area contributed by atoms with Crippen LogP contribution in [0.3, 0.4) is 0 Å². The fourth-order valence-corrected chi connectivity index (χ4v) is 6.91. The minimum Gasteiger partial charge on any atom is -0.507 e. The Labute approximate surface area is 253 Å². The molecule has 4 heteroatoms. The van der Waals surface area contributed by atoms with Gasteiger partial charge in [0.1, 0.15) is 17.1 Å². The van der Waals surface area contributed by atoms with Gasteiger partial charge in [-0.25, -0.2) is 0 Å². The highest BCUT2D eigenvalue weighted by atomic mass is 16.5. The summed E-state index contributed by atoms with van der Waals surface area (Å²) in [4.78, 5) is 10.3. The van der Waals surface area contributed by atoms with Crippen molar-refractivity contribution in [3.63, 3.8) is 0 Å². The Hall–Kier alpha value is -1.71. The molecule has 0 amide bonds. The van der Waals surface area contributed by atoms with E-state index in [1.807, 2.05) is 13.8 Å². The number of phenols is 1. The minimum absolute atomic E-state index is 0.0712. The molecule has 2 aliphatic rings. The van der Waals surface area contributed by atoms with Gasteiger partial charge in [0.2, 0.25) is 0 Å². The summed E-state index contributed by atoms with van der Waals surface area (Å²) in [6, 6.07) is 0. The fraction of sp³-hybridized carbons (Fsp3) is 0.811. The molecule has 0 radical (unpaired) electrons. The van der Waals surface area contributed by atoms with Crippen molar-refractivity contribution >= 4 is 5.97 Å². The van der Waals surface area contributed by atoms with E-state index in [9.17, 15) is 9.90 Å². The minimum atomic E-state index is -0.632. The topological polar surface area (TPSA) is 66.8 Å². The van der Waals surface area contributed by atoms with Crippen LogP contribution in [0.4, 0.5) is 0 Å². The molecule has 1 aromatic carbocycles. The number of benzene rings is 1. The Morgan fingerprint density at radius 2 is 1.41 bits per heavy atom. The van der Waals surface area contributed by atoms with Crippen LogP contribution in [0.5, 0.6) is 11.5 Å². The molecule has 0 aromatic heterocycles.